The molecule has 1 amide bonds. The Morgan fingerprint density at radius 1 is 1.36 bits per heavy atom. The summed E-state index contributed by atoms with van der Waals surface area (Å²) in [5.74, 6) is 1.11. The van der Waals surface area contributed by atoms with Gasteiger partial charge in [-0.3, -0.25) is 4.79 Å². The van der Waals surface area contributed by atoms with Crippen LogP contribution in [0, 0.1) is 6.92 Å². The number of benzene rings is 1. The van der Waals surface area contributed by atoms with Gasteiger partial charge in [0.2, 0.25) is 5.91 Å². The second-order valence-electron chi connectivity index (χ2n) is 6.22. The van der Waals surface area contributed by atoms with Gasteiger partial charge < -0.3 is 14.1 Å². The average molecular weight is 362 g/mol. The van der Waals surface area contributed by atoms with Crippen molar-refractivity contribution in [3.05, 3.63) is 63.2 Å². The molecule has 1 fully saturated rings. The fourth-order valence-corrected chi connectivity index (χ4v) is 3.20. The van der Waals surface area contributed by atoms with Crippen molar-refractivity contribution >= 4 is 17.5 Å². The molecule has 1 atom stereocenters. The molecule has 0 aliphatic carbocycles. The van der Waals surface area contributed by atoms with Gasteiger partial charge in [0.25, 0.3) is 0 Å². The Labute approximate surface area is 151 Å². The van der Waals surface area contributed by atoms with E-state index in [2.05, 4.69) is 0 Å². The summed E-state index contributed by atoms with van der Waals surface area (Å²) in [5.41, 5.74) is 0.627. The van der Waals surface area contributed by atoms with Gasteiger partial charge in [-0.1, -0.05) is 23.7 Å². The molecule has 0 saturated carbocycles. The van der Waals surface area contributed by atoms with Crippen LogP contribution in [0.3, 0.4) is 0 Å². The Balaban J connectivity index is 1.51. The molecule has 25 heavy (non-hydrogen) atoms. The van der Waals surface area contributed by atoms with Crippen LogP contribution in [-0.4, -0.2) is 30.0 Å². The van der Waals surface area contributed by atoms with Crippen LogP contribution in [0.4, 0.5) is 0 Å². The second kappa shape index (κ2) is 7.74. The first-order valence-corrected chi connectivity index (χ1v) is 8.68. The summed E-state index contributed by atoms with van der Waals surface area (Å²) in [6.07, 6.45) is 1.76. The van der Waals surface area contributed by atoms with Crippen LogP contribution in [0.5, 0.6) is 5.75 Å². The molecule has 0 N–H and O–H groups in total. The standard InChI is InChI=1S/C19H20ClNO4/c1-13-9-17(11-19(23)24-13)25-16-7-8-21(12-16)18(22)6-5-14-3-2-4-15(20)10-14/h2-4,9-11,16H,5-8,12H2,1H3. The van der Waals surface area contributed by atoms with E-state index in [1.807, 2.05) is 29.2 Å². The summed E-state index contributed by atoms with van der Waals surface area (Å²) in [6.45, 7) is 2.90. The summed E-state index contributed by atoms with van der Waals surface area (Å²) in [7, 11) is 0. The smallest absolute Gasteiger partial charge is 0.339 e. The summed E-state index contributed by atoms with van der Waals surface area (Å²) in [4.78, 5) is 25.6. The average Bonchev–Trinajstić information content (AvgIpc) is 3.00. The van der Waals surface area contributed by atoms with Crippen molar-refractivity contribution in [2.24, 2.45) is 0 Å². The lowest BCUT2D eigenvalue weighted by molar-refractivity contribution is -0.130. The number of likely N-dealkylation sites (tertiary alicyclic amines) is 1. The van der Waals surface area contributed by atoms with Crippen LogP contribution in [0.15, 0.2) is 45.6 Å². The third-order valence-electron chi connectivity index (χ3n) is 4.18. The predicted octanol–water partition coefficient (Wildman–Crippen LogP) is 3.21. The molecule has 1 aliphatic rings. The van der Waals surface area contributed by atoms with Crippen molar-refractivity contribution in [1.29, 1.82) is 0 Å². The van der Waals surface area contributed by atoms with Gasteiger partial charge in [-0.2, -0.15) is 0 Å². The number of halogens is 1. The van der Waals surface area contributed by atoms with Crippen LogP contribution in [0.1, 0.15) is 24.2 Å². The molecule has 1 saturated heterocycles. The van der Waals surface area contributed by atoms with Crippen molar-refractivity contribution < 1.29 is 13.9 Å². The number of ether oxygens (including phenoxy) is 1. The normalized spacial score (nSPS) is 16.9. The highest BCUT2D eigenvalue weighted by molar-refractivity contribution is 6.30. The van der Waals surface area contributed by atoms with Gasteiger partial charge in [0.05, 0.1) is 12.6 Å². The van der Waals surface area contributed by atoms with Gasteiger partial charge in [-0.25, -0.2) is 4.79 Å². The first-order valence-electron chi connectivity index (χ1n) is 8.30. The van der Waals surface area contributed by atoms with E-state index in [4.69, 9.17) is 20.8 Å². The Bertz CT molecular complexity index is 817. The van der Waals surface area contributed by atoms with Gasteiger partial charge in [0, 0.05) is 30.5 Å². The van der Waals surface area contributed by atoms with Crippen LogP contribution >= 0.6 is 11.6 Å². The molecule has 2 aromatic rings. The zero-order chi connectivity index (χ0) is 17.8. The first-order chi connectivity index (χ1) is 12.0. The molecular weight excluding hydrogens is 342 g/mol. The minimum absolute atomic E-state index is 0.101. The highest BCUT2D eigenvalue weighted by Crippen LogP contribution is 2.19. The quantitative estimate of drug-likeness (QED) is 0.820. The number of carbonyl (C=O) groups excluding carboxylic acids is 1. The Hall–Kier alpha value is -2.27. The molecule has 1 aliphatic heterocycles. The number of carbonyl (C=O) groups is 1. The number of hydrogen-bond acceptors (Lipinski definition) is 4. The van der Waals surface area contributed by atoms with E-state index < -0.39 is 5.63 Å². The van der Waals surface area contributed by atoms with Gasteiger partial charge in [-0.05, 0) is 31.0 Å². The Kier molecular flexibility index (Phi) is 5.43. The van der Waals surface area contributed by atoms with Crippen LogP contribution < -0.4 is 10.4 Å². The molecule has 1 unspecified atom stereocenters. The Morgan fingerprint density at radius 2 is 2.20 bits per heavy atom. The maximum atomic E-state index is 12.4. The monoisotopic (exact) mass is 361 g/mol. The van der Waals surface area contributed by atoms with E-state index in [1.165, 1.54) is 6.07 Å². The summed E-state index contributed by atoms with van der Waals surface area (Å²) >= 11 is 5.96. The number of nitrogens with zero attached hydrogens (tertiary/aromatic N) is 1. The number of amides is 1. The minimum atomic E-state index is -0.428. The fraction of sp³-hybridized carbons (Fsp3) is 0.368. The van der Waals surface area contributed by atoms with Crippen molar-refractivity contribution in [2.75, 3.05) is 13.1 Å². The van der Waals surface area contributed by atoms with Gasteiger partial charge in [0.1, 0.15) is 17.6 Å². The van der Waals surface area contributed by atoms with Crippen molar-refractivity contribution in [2.45, 2.75) is 32.3 Å². The third kappa shape index (κ3) is 4.86. The minimum Gasteiger partial charge on any atom is -0.488 e. The Morgan fingerprint density at radius 3 is 2.96 bits per heavy atom. The molecule has 1 aromatic heterocycles. The van der Waals surface area contributed by atoms with E-state index in [9.17, 15) is 9.59 Å². The fourth-order valence-electron chi connectivity index (χ4n) is 2.99. The van der Waals surface area contributed by atoms with Crippen LogP contribution in [-0.2, 0) is 11.2 Å². The highest BCUT2D eigenvalue weighted by Gasteiger charge is 2.27. The molecule has 1 aromatic carbocycles. The molecule has 6 heteroatoms. The molecule has 0 spiro atoms. The zero-order valence-electron chi connectivity index (χ0n) is 14.0. The largest absolute Gasteiger partial charge is 0.488 e. The summed E-state index contributed by atoms with van der Waals surface area (Å²) in [5, 5.41) is 0.683. The second-order valence-corrected chi connectivity index (χ2v) is 6.66. The van der Waals surface area contributed by atoms with E-state index >= 15 is 0 Å². The highest BCUT2D eigenvalue weighted by atomic mass is 35.5. The zero-order valence-corrected chi connectivity index (χ0v) is 14.8. The lowest BCUT2D eigenvalue weighted by atomic mass is 10.1. The maximum absolute atomic E-state index is 12.4. The number of rotatable bonds is 5. The van der Waals surface area contributed by atoms with Crippen LogP contribution in [0.2, 0.25) is 5.02 Å². The lowest BCUT2D eigenvalue weighted by Crippen LogP contribution is -2.31. The van der Waals surface area contributed by atoms with Gasteiger partial charge in [0.15, 0.2) is 0 Å². The van der Waals surface area contributed by atoms with E-state index in [-0.39, 0.29) is 12.0 Å². The number of hydrogen-bond donors (Lipinski definition) is 0. The molecule has 0 bridgehead atoms. The lowest BCUT2D eigenvalue weighted by Gasteiger charge is -2.17. The van der Waals surface area contributed by atoms with E-state index in [0.717, 1.165) is 12.0 Å². The molecule has 3 rings (SSSR count). The summed E-state index contributed by atoms with van der Waals surface area (Å²) < 4.78 is 10.7. The van der Waals surface area contributed by atoms with E-state index in [1.54, 1.807) is 13.0 Å². The van der Waals surface area contributed by atoms with Crippen molar-refractivity contribution in [1.82, 2.24) is 4.90 Å². The number of aryl methyl sites for hydroxylation is 2. The maximum Gasteiger partial charge on any atom is 0.339 e. The predicted molar refractivity (Wildman–Crippen MR) is 95.1 cm³/mol. The van der Waals surface area contributed by atoms with Gasteiger partial charge >= 0.3 is 5.63 Å². The molecule has 0 radical (unpaired) electrons. The SMILES string of the molecule is Cc1cc(OC2CCN(C(=O)CCc3cccc(Cl)c3)C2)cc(=O)o1. The summed E-state index contributed by atoms with van der Waals surface area (Å²) in [6, 6.07) is 10.6. The first kappa shape index (κ1) is 17.5. The third-order valence-corrected chi connectivity index (χ3v) is 4.42. The van der Waals surface area contributed by atoms with Gasteiger partial charge in [-0.15, -0.1) is 0 Å². The molecule has 132 valence electrons. The topological polar surface area (TPSA) is 59.8 Å². The van der Waals surface area contributed by atoms with E-state index in [0.29, 0.717) is 42.5 Å². The molecular formula is C19H20ClNO4. The molecule has 2 heterocycles. The molecule has 5 nitrogen and oxygen atoms in total. The van der Waals surface area contributed by atoms with Crippen molar-refractivity contribution in [3.63, 3.8) is 0 Å². The van der Waals surface area contributed by atoms with Crippen molar-refractivity contribution in [3.8, 4) is 5.75 Å². The van der Waals surface area contributed by atoms with Crippen LogP contribution in [0.25, 0.3) is 0 Å².